The Kier molecular flexibility index (Phi) is 4.96. The number of rotatable bonds is 3. The number of ketones is 1. The summed E-state index contributed by atoms with van der Waals surface area (Å²) in [6.45, 7) is 5.28. The van der Waals surface area contributed by atoms with Gasteiger partial charge in [-0.25, -0.2) is 4.79 Å². The van der Waals surface area contributed by atoms with E-state index in [9.17, 15) is 9.59 Å². The zero-order chi connectivity index (χ0) is 15.4. The van der Waals surface area contributed by atoms with Gasteiger partial charge in [0.05, 0.1) is 6.54 Å². The second kappa shape index (κ2) is 6.72. The Bertz CT molecular complexity index is 503. The number of carbonyl (C=O) groups excluding carboxylic acids is 2. The summed E-state index contributed by atoms with van der Waals surface area (Å²) in [5, 5.41) is 0. The third-order valence-corrected chi connectivity index (χ3v) is 3.77. The number of piperazine rings is 1. The third kappa shape index (κ3) is 4.04. The third-order valence-electron chi connectivity index (χ3n) is 3.77. The van der Waals surface area contributed by atoms with Crippen molar-refractivity contribution in [3.63, 3.8) is 0 Å². The lowest BCUT2D eigenvalue weighted by atomic mass is 10.1. The summed E-state index contributed by atoms with van der Waals surface area (Å²) in [5.41, 5.74) is 1.91. The summed E-state index contributed by atoms with van der Waals surface area (Å²) in [4.78, 5) is 29.6. The summed E-state index contributed by atoms with van der Waals surface area (Å²) in [5.74, 6) is 0.141. The minimum absolute atomic E-state index is 0.0412. The van der Waals surface area contributed by atoms with E-state index >= 15 is 0 Å². The fourth-order valence-corrected chi connectivity index (χ4v) is 2.41. The van der Waals surface area contributed by atoms with E-state index < -0.39 is 0 Å². The molecule has 0 bridgehead atoms. The summed E-state index contributed by atoms with van der Waals surface area (Å²) in [6, 6.07) is 7.72. The maximum Gasteiger partial charge on any atom is 0.319 e. The molecule has 21 heavy (non-hydrogen) atoms. The first-order chi connectivity index (χ1) is 9.97. The quantitative estimate of drug-likeness (QED) is 0.792. The molecule has 0 atom stereocenters. The van der Waals surface area contributed by atoms with Crippen LogP contribution < -0.4 is 0 Å². The molecule has 0 aliphatic carbocycles. The average molecular weight is 289 g/mol. The highest BCUT2D eigenvalue weighted by Crippen LogP contribution is 2.08. The van der Waals surface area contributed by atoms with Crippen LogP contribution in [0.4, 0.5) is 4.79 Å². The van der Waals surface area contributed by atoms with Gasteiger partial charge in [0.15, 0.2) is 5.78 Å². The highest BCUT2D eigenvalue weighted by molar-refractivity contribution is 5.97. The molecule has 0 N–H and O–H groups in total. The first-order valence-corrected chi connectivity index (χ1v) is 7.26. The lowest BCUT2D eigenvalue weighted by molar-refractivity contribution is 0.0863. The van der Waals surface area contributed by atoms with Gasteiger partial charge in [0.25, 0.3) is 0 Å². The Labute approximate surface area is 126 Å². The van der Waals surface area contributed by atoms with Gasteiger partial charge in [0, 0.05) is 45.8 Å². The van der Waals surface area contributed by atoms with Gasteiger partial charge in [-0.05, 0) is 6.92 Å². The second-order valence-corrected chi connectivity index (χ2v) is 5.73. The van der Waals surface area contributed by atoms with Gasteiger partial charge in [0.2, 0.25) is 0 Å². The molecule has 1 aliphatic heterocycles. The number of hydrogen-bond donors (Lipinski definition) is 0. The van der Waals surface area contributed by atoms with Gasteiger partial charge in [-0.3, -0.25) is 9.69 Å². The van der Waals surface area contributed by atoms with Crippen LogP contribution in [0.25, 0.3) is 0 Å². The van der Waals surface area contributed by atoms with Crippen molar-refractivity contribution in [3.8, 4) is 0 Å². The zero-order valence-electron chi connectivity index (χ0n) is 13.0. The SMILES string of the molecule is Cc1ccc(C(=O)CN2CCN(C(=O)N(C)C)CC2)cc1. The molecule has 0 radical (unpaired) electrons. The van der Waals surface area contributed by atoms with E-state index in [1.165, 1.54) is 0 Å². The molecule has 1 saturated heterocycles. The summed E-state index contributed by atoms with van der Waals surface area (Å²) >= 11 is 0. The number of carbonyl (C=O) groups is 2. The summed E-state index contributed by atoms with van der Waals surface area (Å²) in [7, 11) is 3.52. The predicted molar refractivity (Wildman–Crippen MR) is 82.6 cm³/mol. The van der Waals surface area contributed by atoms with Crippen molar-refractivity contribution < 1.29 is 9.59 Å². The normalized spacial score (nSPS) is 15.9. The average Bonchev–Trinajstić information content (AvgIpc) is 2.47. The van der Waals surface area contributed by atoms with Crippen molar-refractivity contribution >= 4 is 11.8 Å². The summed E-state index contributed by atoms with van der Waals surface area (Å²) in [6.07, 6.45) is 0. The Hall–Kier alpha value is -1.88. The Morgan fingerprint density at radius 3 is 2.14 bits per heavy atom. The van der Waals surface area contributed by atoms with Gasteiger partial charge < -0.3 is 9.80 Å². The molecular formula is C16H23N3O2. The molecule has 1 heterocycles. The Morgan fingerprint density at radius 1 is 1.05 bits per heavy atom. The highest BCUT2D eigenvalue weighted by atomic mass is 16.2. The van der Waals surface area contributed by atoms with Crippen LogP contribution in [-0.2, 0) is 0 Å². The Morgan fingerprint density at radius 2 is 1.62 bits per heavy atom. The molecule has 1 aromatic rings. The van der Waals surface area contributed by atoms with Crippen LogP contribution in [0.15, 0.2) is 24.3 Å². The second-order valence-electron chi connectivity index (χ2n) is 5.73. The molecule has 0 saturated carbocycles. The number of hydrogen-bond acceptors (Lipinski definition) is 3. The van der Waals surface area contributed by atoms with E-state index in [2.05, 4.69) is 4.90 Å². The molecule has 5 heteroatoms. The van der Waals surface area contributed by atoms with Crippen molar-refractivity contribution in [1.29, 1.82) is 0 Å². The van der Waals surface area contributed by atoms with Crippen LogP contribution >= 0.6 is 0 Å². The van der Waals surface area contributed by atoms with Crippen molar-refractivity contribution in [2.45, 2.75) is 6.92 Å². The van der Waals surface area contributed by atoms with Crippen LogP contribution in [-0.4, -0.2) is 73.3 Å². The highest BCUT2D eigenvalue weighted by Gasteiger charge is 2.23. The minimum Gasteiger partial charge on any atom is -0.331 e. The van der Waals surface area contributed by atoms with E-state index in [1.807, 2.05) is 36.1 Å². The molecule has 0 aromatic heterocycles. The van der Waals surface area contributed by atoms with E-state index in [0.29, 0.717) is 19.6 Å². The van der Waals surface area contributed by atoms with Crippen molar-refractivity contribution in [1.82, 2.24) is 14.7 Å². The van der Waals surface area contributed by atoms with Crippen LogP contribution in [0.2, 0.25) is 0 Å². The first kappa shape index (κ1) is 15.5. The molecule has 1 fully saturated rings. The number of urea groups is 1. The van der Waals surface area contributed by atoms with Gasteiger partial charge in [-0.2, -0.15) is 0 Å². The fourth-order valence-electron chi connectivity index (χ4n) is 2.41. The van der Waals surface area contributed by atoms with Crippen LogP contribution in [0.1, 0.15) is 15.9 Å². The van der Waals surface area contributed by atoms with Crippen molar-refractivity contribution in [2.24, 2.45) is 0 Å². The van der Waals surface area contributed by atoms with E-state index in [4.69, 9.17) is 0 Å². The molecule has 2 rings (SSSR count). The van der Waals surface area contributed by atoms with E-state index in [0.717, 1.165) is 24.2 Å². The Balaban J connectivity index is 1.84. The zero-order valence-corrected chi connectivity index (χ0v) is 13.0. The molecule has 2 amide bonds. The number of benzene rings is 1. The maximum atomic E-state index is 12.2. The largest absolute Gasteiger partial charge is 0.331 e. The van der Waals surface area contributed by atoms with Gasteiger partial charge in [-0.1, -0.05) is 29.8 Å². The van der Waals surface area contributed by atoms with E-state index in [-0.39, 0.29) is 11.8 Å². The maximum absolute atomic E-state index is 12.2. The van der Waals surface area contributed by atoms with Crippen molar-refractivity contribution in [3.05, 3.63) is 35.4 Å². The van der Waals surface area contributed by atoms with Crippen LogP contribution in [0, 0.1) is 6.92 Å². The molecule has 0 unspecified atom stereocenters. The van der Waals surface area contributed by atoms with Crippen molar-refractivity contribution in [2.75, 3.05) is 46.8 Å². The molecule has 0 spiro atoms. The monoisotopic (exact) mass is 289 g/mol. The van der Waals surface area contributed by atoms with Crippen LogP contribution in [0.3, 0.4) is 0 Å². The lowest BCUT2D eigenvalue weighted by Gasteiger charge is -2.35. The fraction of sp³-hybridized carbons (Fsp3) is 0.500. The smallest absolute Gasteiger partial charge is 0.319 e. The van der Waals surface area contributed by atoms with Gasteiger partial charge in [-0.15, -0.1) is 0 Å². The number of nitrogens with zero attached hydrogens (tertiary/aromatic N) is 3. The number of aryl methyl sites for hydroxylation is 1. The van der Waals surface area contributed by atoms with Gasteiger partial charge >= 0.3 is 6.03 Å². The predicted octanol–water partition coefficient (Wildman–Crippen LogP) is 1.48. The molecular weight excluding hydrogens is 266 g/mol. The molecule has 1 aliphatic rings. The van der Waals surface area contributed by atoms with Crippen LogP contribution in [0.5, 0.6) is 0 Å². The molecule has 114 valence electrons. The first-order valence-electron chi connectivity index (χ1n) is 7.26. The molecule has 1 aromatic carbocycles. The standard InChI is InChI=1S/C16H23N3O2/c1-13-4-6-14(7-5-13)15(20)12-18-8-10-19(11-9-18)16(21)17(2)3/h4-7H,8-12H2,1-3H3. The topological polar surface area (TPSA) is 43.9 Å². The van der Waals surface area contributed by atoms with Gasteiger partial charge in [0.1, 0.15) is 0 Å². The molecule has 5 nitrogen and oxygen atoms in total. The number of Topliss-reactive ketones (excluding diaryl/α,β-unsaturated/α-hetero) is 1. The summed E-state index contributed by atoms with van der Waals surface area (Å²) < 4.78 is 0. The number of amides is 2. The van der Waals surface area contributed by atoms with E-state index in [1.54, 1.807) is 19.0 Å². The minimum atomic E-state index is 0.0412. The lowest BCUT2D eigenvalue weighted by Crippen LogP contribution is -2.52.